The lowest BCUT2D eigenvalue weighted by Gasteiger charge is -2.15. The number of aliphatic hydroxyl groups excluding tert-OH is 1. The number of hydrogen-bond donors (Lipinski definition) is 1. The minimum atomic E-state index is -0.709. The molecule has 0 spiro atoms. The Morgan fingerprint density at radius 2 is 1.94 bits per heavy atom. The second kappa shape index (κ2) is 6.22. The molecule has 0 amide bonds. The molecule has 0 heterocycles. The van der Waals surface area contributed by atoms with Gasteiger partial charge in [0.1, 0.15) is 6.61 Å². The molecule has 0 fully saturated rings. The summed E-state index contributed by atoms with van der Waals surface area (Å²) >= 11 is 11.5. The maximum atomic E-state index is 10.8. The Hall–Kier alpha value is -1.04. The van der Waals surface area contributed by atoms with Crippen molar-refractivity contribution >= 4 is 28.9 Å². The Morgan fingerprint density at radius 1 is 1.39 bits per heavy atom. The summed E-state index contributed by atoms with van der Waals surface area (Å²) in [5.41, 5.74) is -0.277. The Labute approximate surface area is 114 Å². The van der Waals surface area contributed by atoms with E-state index in [0.29, 0.717) is 0 Å². The van der Waals surface area contributed by atoms with Gasteiger partial charge in [0.2, 0.25) is 0 Å². The minimum Gasteiger partial charge on any atom is -0.484 e. The number of nitro groups is 1. The molecule has 0 aliphatic carbocycles. The molecule has 1 aromatic carbocycles. The van der Waals surface area contributed by atoms with E-state index >= 15 is 0 Å². The van der Waals surface area contributed by atoms with Gasteiger partial charge in [0, 0.05) is 12.1 Å². The third-order valence-electron chi connectivity index (χ3n) is 2.38. The fourth-order valence-corrected chi connectivity index (χ4v) is 1.46. The molecule has 1 N–H and O–H groups in total. The van der Waals surface area contributed by atoms with E-state index in [0.717, 1.165) is 6.07 Å². The SMILES string of the molecule is CC(C)C(O)COc1cc(Cl)c(Cl)cc1[N+](=O)[O-]. The summed E-state index contributed by atoms with van der Waals surface area (Å²) in [6, 6.07) is 2.40. The van der Waals surface area contributed by atoms with E-state index in [-0.39, 0.29) is 34.0 Å². The molecule has 1 unspecified atom stereocenters. The van der Waals surface area contributed by atoms with Crippen molar-refractivity contribution < 1.29 is 14.8 Å². The fraction of sp³-hybridized carbons (Fsp3) is 0.455. The zero-order valence-electron chi connectivity index (χ0n) is 9.89. The molecule has 0 aliphatic heterocycles. The topological polar surface area (TPSA) is 72.6 Å². The number of aliphatic hydroxyl groups is 1. The van der Waals surface area contributed by atoms with E-state index in [1.54, 1.807) is 0 Å². The van der Waals surface area contributed by atoms with Crippen molar-refractivity contribution in [2.75, 3.05) is 6.61 Å². The van der Waals surface area contributed by atoms with Gasteiger partial charge in [-0.05, 0) is 5.92 Å². The van der Waals surface area contributed by atoms with E-state index in [4.69, 9.17) is 27.9 Å². The number of hydrogen-bond acceptors (Lipinski definition) is 4. The molecule has 0 saturated heterocycles. The highest BCUT2D eigenvalue weighted by molar-refractivity contribution is 6.42. The maximum Gasteiger partial charge on any atom is 0.312 e. The molecule has 5 nitrogen and oxygen atoms in total. The lowest BCUT2D eigenvalue weighted by atomic mass is 10.1. The lowest BCUT2D eigenvalue weighted by Crippen LogP contribution is -2.23. The zero-order valence-corrected chi connectivity index (χ0v) is 11.4. The number of halogens is 2. The fourth-order valence-electron chi connectivity index (χ4n) is 1.14. The van der Waals surface area contributed by atoms with E-state index in [2.05, 4.69) is 0 Å². The predicted octanol–water partition coefficient (Wildman–Crippen LogP) is 3.30. The van der Waals surface area contributed by atoms with Crippen LogP contribution in [0.2, 0.25) is 10.0 Å². The highest BCUT2D eigenvalue weighted by atomic mass is 35.5. The number of nitro benzene ring substituents is 1. The largest absolute Gasteiger partial charge is 0.484 e. The van der Waals surface area contributed by atoms with Crippen LogP contribution in [0, 0.1) is 16.0 Å². The molecular formula is C11H13Cl2NO4. The first-order chi connectivity index (χ1) is 8.32. The average molecular weight is 294 g/mol. The van der Waals surface area contributed by atoms with Crippen molar-refractivity contribution in [3.8, 4) is 5.75 Å². The Kier molecular flexibility index (Phi) is 5.19. The molecule has 1 atom stereocenters. The first-order valence-electron chi connectivity index (χ1n) is 5.27. The molecular weight excluding hydrogens is 281 g/mol. The van der Waals surface area contributed by atoms with Gasteiger partial charge in [-0.25, -0.2) is 0 Å². The molecule has 0 radical (unpaired) electrons. The first kappa shape index (κ1) is 15.0. The Morgan fingerprint density at radius 3 is 2.44 bits per heavy atom. The van der Waals surface area contributed by atoms with Crippen molar-refractivity contribution in [2.24, 2.45) is 5.92 Å². The minimum absolute atomic E-state index is 0.00546. The van der Waals surface area contributed by atoms with Gasteiger partial charge in [0.05, 0.1) is 21.1 Å². The number of nitrogens with zero attached hydrogens (tertiary/aromatic N) is 1. The van der Waals surface area contributed by atoms with Gasteiger partial charge in [-0.3, -0.25) is 10.1 Å². The smallest absolute Gasteiger partial charge is 0.312 e. The molecule has 0 aliphatic rings. The van der Waals surface area contributed by atoms with Crippen LogP contribution in [0.5, 0.6) is 5.75 Å². The van der Waals surface area contributed by atoms with Gasteiger partial charge in [0.15, 0.2) is 5.75 Å². The van der Waals surface area contributed by atoms with Crippen LogP contribution in [0.25, 0.3) is 0 Å². The van der Waals surface area contributed by atoms with Crippen molar-refractivity contribution in [3.05, 3.63) is 32.3 Å². The molecule has 0 bridgehead atoms. The van der Waals surface area contributed by atoms with Crippen molar-refractivity contribution in [2.45, 2.75) is 20.0 Å². The van der Waals surface area contributed by atoms with Crippen molar-refractivity contribution in [1.29, 1.82) is 0 Å². The van der Waals surface area contributed by atoms with E-state index in [9.17, 15) is 15.2 Å². The maximum absolute atomic E-state index is 10.8. The molecule has 0 saturated carbocycles. The summed E-state index contributed by atoms with van der Waals surface area (Å²) in [5.74, 6) is -0.0130. The number of rotatable bonds is 5. The molecule has 0 aromatic heterocycles. The third kappa shape index (κ3) is 3.73. The van der Waals surface area contributed by atoms with Crippen LogP contribution in [0.4, 0.5) is 5.69 Å². The van der Waals surface area contributed by atoms with Crippen LogP contribution in [0.15, 0.2) is 12.1 Å². The highest BCUT2D eigenvalue weighted by Crippen LogP contribution is 2.35. The van der Waals surface area contributed by atoms with Gasteiger partial charge < -0.3 is 9.84 Å². The van der Waals surface area contributed by atoms with Gasteiger partial charge in [-0.2, -0.15) is 0 Å². The van der Waals surface area contributed by atoms with Crippen LogP contribution in [-0.4, -0.2) is 22.7 Å². The predicted molar refractivity (Wildman–Crippen MR) is 69.5 cm³/mol. The van der Waals surface area contributed by atoms with Gasteiger partial charge in [-0.15, -0.1) is 0 Å². The van der Waals surface area contributed by atoms with E-state index in [1.807, 2.05) is 13.8 Å². The normalized spacial score (nSPS) is 12.6. The quantitative estimate of drug-likeness (QED) is 0.668. The zero-order chi connectivity index (χ0) is 13.9. The van der Waals surface area contributed by atoms with Gasteiger partial charge >= 0.3 is 5.69 Å². The van der Waals surface area contributed by atoms with Gasteiger partial charge in [0.25, 0.3) is 0 Å². The van der Waals surface area contributed by atoms with E-state index < -0.39 is 11.0 Å². The monoisotopic (exact) mass is 293 g/mol. The number of ether oxygens (including phenoxy) is 1. The second-order valence-electron chi connectivity index (χ2n) is 4.11. The average Bonchev–Trinajstić information content (AvgIpc) is 2.29. The molecule has 100 valence electrons. The van der Waals surface area contributed by atoms with Crippen LogP contribution in [0.1, 0.15) is 13.8 Å². The molecule has 1 aromatic rings. The third-order valence-corrected chi connectivity index (χ3v) is 3.10. The second-order valence-corrected chi connectivity index (χ2v) is 4.93. The summed E-state index contributed by atoms with van der Waals surface area (Å²) in [6.07, 6.45) is -0.709. The van der Waals surface area contributed by atoms with Crippen molar-refractivity contribution in [1.82, 2.24) is 0 Å². The van der Waals surface area contributed by atoms with Crippen molar-refractivity contribution in [3.63, 3.8) is 0 Å². The summed E-state index contributed by atoms with van der Waals surface area (Å²) in [5, 5.41) is 20.7. The molecule has 18 heavy (non-hydrogen) atoms. The Bertz CT molecular complexity index is 451. The summed E-state index contributed by atoms with van der Waals surface area (Å²) < 4.78 is 5.22. The Balaban J connectivity index is 2.93. The summed E-state index contributed by atoms with van der Waals surface area (Å²) in [7, 11) is 0. The molecule has 7 heteroatoms. The van der Waals surface area contributed by atoms with Crippen LogP contribution < -0.4 is 4.74 Å². The van der Waals surface area contributed by atoms with Crippen LogP contribution in [-0.2, 0) is 0 Å². The summed E-state index contributed by atoms with van der Waals surface area (Å²) in [6.45, 7) is 3.59. The number of benzene rings is 1. The van der Waals surface area contributed by atoms with Crippen LogP contribution in [0.3, 0.4) is 0 Å². The van der Waals surface area contributed by atoms with Gasteiger partial charge in [-0.1, -0.05) is 37.0 Å². The van der Waals surface area contributed by atoms with E-state index in [1.165, 1.54) is 6.07 Å². The highest BCUT2D eigenvalue weighted by Gasteiger charge is 2.20. The first-order valence-corrected chi connectivity index (χ1v) is 6.02. The summed E-state index contributed by atoms with van der Waals surface area (Å²) in [4.78, 5) is 10.2. The van der Waals surface area contributed by atoms with Crippen LogP contribution >= 0.6 is 23.2 Å². The molecule has 1 rings (SSSR count). The lowest BCUT2D eigenvalue weighted by molar-refractivity contribution is -0.385. The standard InChI is InChI=1S/C11H13Cl2NO4/c1-6(2)10(15)5-18-11-4-8(13)7(12)3-9(11)14(16)17/h3-4,6,10,15H,5H2,1-2H3.